The van der Waals surface area contributed by atoms with E-state index < -0.39 is 0 Å². The number of rotatable bonds is 4. The molecule has 0 saturated carbocycles. The molecule has 146 valence electrons. The number of amides is 1. The molecule has 1 amide bonds. The smallest absolute Gasteiger partial charge is 0.266 e. The van der Waals surface area contributed by atoms with Gasteiger partial charge in [-0.15, -0.1) is 11.3 Å². The zero-order valence-electron chi connectivity index (χ0n) is 16.5. The summed E-state index contributed by atoms with van der Waals surface area (Å²) < 4.78 is 1.59. The Kier molecular flexibility index (Phi) is 5.03. The molecule has 4 aromatic rings. The third-order valence-electron chi connectivity index (χ3n) is 5.08. The first-order valence-corrected chi connectivity index (χ1v) is 10.2. The van der Waals surface area contributed by atoms with Crippen molar-refractivity contribution in [1.82, 2.24) is 9.55 Å². The molecule has 0 radical (unpaired) electrons. The summed E-state index contributed by atoms with van der Waals surface area (Å²) in [6.45, 7) is 6.30. The van der Waals surface area contributed by atoms with Gasteiger partial charge in [0.25, 0.3) is 11.5 Å². The van der Waals surface area contributed by atoms with Gasteiger partial charge in [-0.1, -0.05) is 36.4 Å². The van der Waals surface area contributed by atoms with Crippen molar-refractivity contribution in [1.29, 1.82) is 0 Å². The van der Waals surface area contributed by atoms with E-state index in [9.17, 15) is 9.59 Å². The molecule has 0 bridgehead atoms. The van der Waals surface area contributed by atoms with Crippen LogP contribution in [-0.4, -0.2) is 15.5 Å². The summed E-state index contributed by atoms with van der Waals surface area (Å²) in [6.07, 6.45) is 1.55. The second kappa shape index (κ2) is 7.64. The number of fused-ring (bicyclic) bond motifs is 1. The number of thiophene rings is 1. The maximum absolute atomic E-state index is 13.0. The Morgan fingerprint density at radius 1 is 1.07 bits per heavy atom. The highest BCUT2D eigenvalue weighted by Gasteiger charge is 2.19. The number of hydrogen-bond acceptors (Lipinski definition) is 4. The molecule has 0 fully saturated rings. The highest BCUT2D eigenvalue weighted by Crippen LogP contribution is 2.28. The van der Waals surface area contributed by atoms with Crippen molar-refractivity contribution in [2.45, 2.75) is 27.3 Å². The van der Waals surface area contributed by atoms with Crippen LogP contribution in [0.5, 0.6) is 0 Å². The molecule has 2 aromatic carbocycles. The fourth-order valence-electron chi connectivity index (χ4n) is 3.28. The Bertz CT molecular complexity index is 1270. The van der Waals surface area contributed by atoms with Crippen molar-refractivity contribution >= 4 is 33.1 Å². The lowest BCUT2D eigenvalue weighted by molar-refractivity contribution is 0.103. The molecular weight excluding hydrogens is 382 g/mol. The first-order valence-electron chi connectivity index (χ1n) is 9.35. The first-order chi connectivity index (χ1) is 13.9. The molecule has 0 aliphatic rings. The molecule has 2 heterocycles. The predicted octanol–water partition coefficient (Wildman–Crippen LogP) is 4.68. The number of hydrogen-bond donors (Lipinski definition) is 1. The topological polar surface area (TPSA) is 64.0 Å². The van der Waals surface area contributed by atoms with Gasteiger partial charge in [-0.2, -0.15) is 0 Å². The highest BCUT2D eigenvalue weighted by atomic mass is 32.1. The van der Waals surface area contributed by atoms with Crippen molar-refractivity contribution in [2.75, 3.05) is 5.32 Å². The number of benzene rings is 2. The van der Waals surface area contributed by atoms with Gasteiger partial charge in [0.15, 0.2) is 0 Å². The number of nitrogens with zero attached hydrogens (tertiary/aromatic N) is 2. The van der Waals surface area contributed by atoms with E-state index in [0.717, 1.165) is 16.8 Å². The monoisotopic (exact) mass is 403 g/mol. The minimum atomic E-state index is -0.220. The normalized spacial score (nSPS) is 11.0. The predicted molar refractivity (Wildman–Crippen MR) is 118 cm³/mol. The molecule has 6 heteroatoms. The van der Waals surface area contributed by atoms with Gasteiger partial charge in [0.2, 0.25) is 0 Å². The van der Waals surface area contributed by atoms with Crippen LogP contribution in [0.15, 0.2) is 59.7 Å². The summed E-state index contributed by atoms with van der Waals surface area (Å²) in [7, 11) is 0. The molecule has 0 unspecified atom stereocenters. The van der Waals surface area contributed by atoms with Gasteiger partial charge in [0, 0.05) is 5.69 Å². The summed E-state index contributed by atoms with van der Waals surface area (Å²) in [6, 6.07) is 15.6. The number of carbonyl (C=O) groups is 1. The van der Waals surface area contributed by atoms with Gasteiger partial charge in [0.05, 0.1) is 23.1 Å². The van der Waals surface area contributed by atoms with E-state index in [0.29, 0.717) is 27.2 Å². The average molecular weight is 404 g/mol. The quantitative estimate of drug-likeness (QED) is 0.538. The minimum Gasteiger partial charge on any atom is -0.321 e. The van der Waals surface area contributed by atoms with Crippen LogP contribution in [0.3, 0.4) is 0 Å². The van der Waals surface area contributed by atoms with Crippen LogP contribution in [0.2, 0.25) is 0 Å². The number of carbonyl (C=O) groups excluding carboxylic acids is 1. The van der Waals surface area contributed by atoms with Crippen molar-refractivity contribution < 1.29 is 4.79 Å². The zero-order valence-corrected chi connectivity index (χ0v) is 17.3. The number of aromatic nitrogens is 2. The Labute approximate surface area is 172 Å². The number of nitrogens with one attached hydrogen (secondary N) is 1. The second-order valence-corrected chi connectivity index (χ2v) is 8.15. The van der Waals surface area contributed by atoms with E-state index in [1.165, 1.54) is 16.9 Å². The SMILES string of the molecule is Cc1ccc(NC(=O)c2sc3ncn(Cc4ccccc4)c(=O)c3c2C)cc1C. The van der Waals surface area contributed by atoms with E-state index in [4.69, 9.17) is 0 Å². The Morgan fingerprint density at radius 2 is 1.83 bits per heavy atom. The summed E-state index contributed by atoms with van der Waals surface area (Å²) >= 11 is 1.25. The molecule has 1 N–H and O–H groups in total. The zero-order chi connectivity index (χ0) is 20.5. The number of anilines is 1. The van der Waals surface area contributed by atoms with Gasteiger partial charge in [-0.05, 0) is 55.2 Å². The lowest BCUT2D eigenvalue weighted by Crippen LogP contribution is -2.21. The van der Waals surface area contributed by atoms with E-state index in [1.54, 1.807) is 10.9 Å². The molecule has 0 aliphatic carbocycles. The van der Waals surface area contributed by atoms with Crippen molar-refractivity contribution in [3.05, 3.63) is 92.3 Å². The van der Waals surface area contributed by atoms with Crippen LogP contribution < -0.4 is 10.9 Å². The average Bonchev–Trinajstić information content (AvgIpc) is 3.05. The van der Waals surface area contributed by atoms with Crippen LogP contribution in [-0.2, 0) is 6.54 Å². The van der Waals surface area contributed by atoms with Gasteiger partial charge in [0.1, 0.15) is 4.83 Å². The van der Waals surface area contributed by atoms with E-state index in [-0.39, 0.29) is 11.5 Å². The summed E-state index contributed by atoms with van der Waals surface area (Å²) in [5.74, 6) is -0.220. The maximum Gasteiger partial charge on any atom is 0.266 e. The first kappa shape index (κ1) is 19.1. The summed E-state index contributed by atoms with van der Waals surface area (Å²) in [5, 5.41) is 3.45. The third-order valence-corrected chi connectivity index (χ3v) is 6.28. The highest BCUT2D eigenvalue weighted by molar-refractivity contribution is 7.20. The van der Waals surface area contributed by atoms with Gasteiger partial charge >= 0.3 is 0 Å². The molecule has 2 aromatic heterocycles. The van der Waals surface area contributed by atoms with E-state index >= 15 is 0 Å². The Hall–Kier alpha value is -3.25. The van der Waals surface area contributed by atoms with Crippen LogP contribution >= 0.6 is 11.3 Å². The number of aryl methyl sites for hydroxylation is 3. The molecule has 0 aliphatic heterocycles. The lowest BCUT2D eigenvalue weighted by Gasteiger charge is -2.07. The fourth-order valence-corrected chi connectivity index (χ4v) is 4.31. The Morgan fingerprint density at radius 3 is 2.55 bits per heavy atom. The summed E-state index contributed by atoms with van der Waals surface area (Å²) in [5.41, 5.74) is 4.59. The maximum atomic E-state index is 13.0. The van der Waals surface area contributed by atoms with Crippen molar-refractivity contribution in [3.8, 4) is 0 Å². The molecular formula is C23H21N3O2S. The molecule has 0 saturated heterocycles. The molecule has 0 spiro atoms. The van der Waals surface area contributed by atoms with Gasteiger partial charge < -0.3 is 5.32 Å². The summed E-state index contributed by atoms with van der Waals surface area (Å²) in [4.78, 5) is 31.4. The largest absolute Gasteiger partial charge is 0.321 e. The Balaban J connectivity index is 1.68. The van der Waals surface area contributed by atoms with Crippen LogP contribution in [0.25, 0.3) is 10.2 Å². The van der Waals surface area contributed by atoms with Gasteiger partial charge in [-0.3, -0.25) is 14.2 Å². The third kappa shape index (κ3) is 3.71. The van der Waals surface area contributed by atoms with Crippen LogP contribution in [0, 0.1) is 20.8 Å². The van der Waals surface area contributed by atoms with Crippen molar-refractivity contribution in [2.24, 2.45) is 0 Å². The minimum absolute atomic E-state index is 0.127. The van der Waals surface area contributed by atoms with E-state index in [2.05, 4.69) is 10.3 Å². The van der Waals surface area contributed by atoms with Crippen LogP contribution in [0.1, 0.15) is 31.9 Å². The standard InChI is InChI=1S/C23H21N3O2S/c1-14-9-10-18(11-15(14)2)25-21(27)20-16(3)19-22(29-20)24-13-26(23(19)28)12-17-7-5-4-6-8-17/h4-11,13H,12H2,1-3H3,(H,25,27). The van der Waals surface area contributed by atoms with Gasteiger partial charge in [-0.25, -0.2) is 4.98 Å². The molecule has 29 heavy (non-hydrogen) atoms. The second-order valence-electron chi connectivity index (χ2n) is 7.15. The van der Waals surface area contributed by atoms with Crippen molar-refractivity contribution in [3.63, 3.8) is 0 Å². The molecule has 0 atom stereocenters. The fraction of sp³-hybridized carbons (Fsp3) is 0.174. The van der Waals surface area contributed by atoms with Crippen LogP contribution in [0.4, 0.5) is 5.69 Å². The molecule has 5 nitrogen and oxygen atoms in total. The van der Waals surface area contributed by atoms with E-state index in [1.807, 2.05) is 69.3 Å². The molecule has 4 rings (SSSR count). The lowest BCUT2D eigenvalue weighted by atomic mass is 10.1.